The summed E-state index contributed by atoms with van der Waals surface area (Å²) in [6.07, 6.45) is 0. The average Bonchev–Trinajstić information content (AvgIpc) is 2.93. The molecule has 0 aliphatic rings. The number of carbonyl (C=O) groups is 1. The van der Waals surface area contributed by atoms with Crippen LogP contribution in [0.1, 0.15) is 10.5 Å². The van der Waals surface area contributed by atoms with Crippen molar-refractivity contribution >= 4 is 17.3 Å². The van der Waals surface area contributed by atoms with Crippen LogP contribution in [0.25, 0.3) is 21.0 Å². The summed E-state index contributed by atoms with van der Waals surface area (Å²) in [6, 6.07) is 11.8. The van der Waals surface area contributed by atoms with Crippen molar-refractivity contribution in [1.29, 1.82) is 0 Å². The van der Waals surface area contributed by atoms with Crippen LogP contribution < -0.4 is 0 Å². The number of benzene rings is 2. The van der Waals surface area contributed by atoms with Crippen LogP contribution in [0.2, 0.25) is 0 Å². The number of hydrogen-bond donors (Lipinski definition) is 1. The number of rotatable bonds is 3. The first-order chi connectivity index (χ1) is 10.6. The summed E-state index contributed by atoms with van der Waals surface area (Å²) in [5.74, 6) is -2.33. The van der Waals surface area contributed by atoms with Gasteiger partial charge in [-0.25, -0.2) is 18.6 Å². The van der Waals surface area contributed by atoms with Gasteiger partial charge in [0.15, 0.2) is 5.69 Å². The van der Waals surface area contributed by atoms with Gasteiger partial charge in [0.2, 0.25) is 0 Å². The Morgan fingerprint density at radius 2 is 1.50 bits per heavy atom. The van der Waals surface area contributed by atoms with Crippen LogP contribution >= 0.6 is 11.3 Å². The molecule has 0 unspecified atom stereocenters. The van der Waals surface area contributed by atoms with Crippen molar-refractivity contribution in [3.63, 3.8) is 0 Å². The Hall–Kier alpha value is -2.60. The van der Waals surface area contributed by atoms with Crippen LogP contribution in [-0.4, -0.2) is 16.1 Å². The molecule has 110 valence electrons. The molecule has 0 spiro atoms. The van der Waals surface area contributed by atoms with Crippen molar-refractivity contribution in [1.82, 2.24) is 4.98 Å². The second-order valence-corrected chi connectivity index (χ2v) is 5.46. The van der Waals surface area contributed by atoms with Gasteiger partial charge >= 0.3 is 5.97 Å². The summed E-state index contributed by atoms with van der Waals surface area (Å²) < 4.78 is 27.8. The molecule has 3 aromatic rings. The Morgan fingerprint density at radius 3 is 2.05 bits per heavy atom. The van der Waals surface area contributed by atoms with Crippen LogP contribution in [0.3, 0.4) is 0 Å². The third-order valence-electron chi connectivity index (χ3n) is 3.05. The summed E-state index contributed by atoms with van der Waals surface area (Å²) in [5.41, 5.74) is 0.0472. The van der Waals surface area contributed by atoms with E-state index in [2.05, 4.69) is 4.98 Å². The van der Waals surface area contributed by atoms with Gasteiger partial charge in [0.1, 0.15) is 16.6 Å². The lowest BCUT2D eigenvalue weighted by molar-refractivity contribution is 0.0692. The molecule has 0 aliphatic carbocycles. The smallest absolute Gasteiger partial charge is 0.356 e. The van der Waals surface area contributed by atoms with Gasteiger partial charge in [0.05, 0.1) is 4.88 Å². The van der Waals surface area contributed by atoms with E-state index < -0.39 is 17.6 Å². The minimum Gasteiger partial charge on any atom is -0.476 e. The number of thiazole rings is 1. The molecular formula is C16H9F2NO2S. The second-order valence-electron chi connectivity index (χ2n) is 4.46. The van der Waals surface area contributed by atoms with Gasteiger partial charge in [-0.1, -0.05) is 30.3 Å². The monoisotopic (exact) mass is 317 g/mol. The highest BCUT2D eigenvalue weighted by atomic mass is 32.1. The van der Waals surface area contributed by atoms with Crippen LogP contribution in [0, 0.1) is 11.6 Å². The maximum atomic E-state index is 13.9. The lowest BCUT2D eigenvalue weighted by Gasteiger charge is -2.00. The maximum Gasteiger partial charge on any atom is 0.356 e. The first-order valence-corrected chi connectivity index (χ1v) is 7.13. The van der Waals surface area contributed by atoms with E-state index in [1.54, 1.807) is 12.1 Å². The normalized spacial score (nSPS) is 10.6. The molecule has 0 saturated heterocycles. The van der Waals surface area contributed by atoms with Crippen molar-refractivity contribution in [3.05, 3.63) is 65.9 Å². The molecule has 0 amide bonds. The van der Waals surface area contributed by atoms with Gasteiger partial charge in [0, 0.05) is 11.1 Å². The van der Waals surface area contributed by atoms with E-state index in [1.165, 1.54) is 36.4 Å². The van der Waals surface area contributed by atoms with Gasteiger partial charge < -0.3 is 5.11 Å². The summed E-state index contributed by atoms with van der Waals surface area (Å²) in [5, 5.41) is 9.48. The minimum atomic E-state index is -1.28. The molecule has 3 nitrogen and oxygen atoms in total. The van der Waals surface area contributed by atoms with Crippen LogP contribution in [0.5, 0.6) is 0 Å². The highest BCUT2D eigenvalue weighted by Crippen LogP contribution is 2.37. The third-order valence-corrected chi connectivity index (χ3v) is 4.17. The number of carboxylic acids is 1. The Morgan fingerprint density at radius 1 is 0.955 bits per heavy atom. The van der Waals surface area contributed by atoms with Crippen molar-refractivity contribution in [3.8, 4) is 21.0 Å². The topological polar surface area (TPSA) is 50.2 Å². The number of aromatic nitrogens is 1. The number of carboxylic acid groups (broad SMARTS) is 1. The van der Waals surface area contributed by atoms with Gasteiger partial charge in [0.25, 0.3) is 0 Å². The molecule has 0 saturated carbocycles. The Bertz CT molecular complexity index is 861. The molecule has 1 heterocycles. The lowest BCUT2D eigenvalue weighted by atomic mass is 10.1. The molecular weight excluding hydrogens is 308 g/mol. The number of halogens is 2. The number of hydrogen-bond acceptors (Lipinski definition) is 3. The fourth-order valence-electron chi connectivity index (χ4n) is 2.04. The van der Waals surface area contributed by atoms with E-state index in [9.17, 15) is 18.7 Å². The first kappa shape index (κ1) is 14.3. The molecule has 0 fully saturated rings. The molecule has 0 atom stereocenters. The summed E-state index contributed by atoms with van der Waals surface area (Å²) in [6.45, 7) is 0. The summed E-state index contributed by atoms with van der Waals surface area (Å²) in [7, 11) is 0. The molecule has 6 heteroatoms. The summed E-state index contributed by atoms with van der Waals surface area (Å²) in [4.78, 5) is 15.5. The minimum absolute atomic E-state index is 0.139. The highest BCUT2D eigenvalue weighted by molar-refractivity contribution is 7.18. The predicted molar refractivity (Wildman–Crippen MR) is 79.9 cm³/mol. The molecule has 3 rings (SSSR count). The molecule has 1 N–H and O–H groups in total. The van der Waals surface area contributed by atoms with E-state index in [4.69, 9.17) is 0 Å². The second kappa shape index (κ2) is 5.65. The van der Waals surface area contributed by atoms with Crippen LogP contribution in [0.15, 0.2) is 48.5 Å². The van der Waals surface area contributed by atoms with Crippen LogP contribution in [0.4, 0.5) is 8.78 Å². The van der Waals surface area contributed by atoms with E-state index in [1.807, 2.05) is 0 Å². The number of nitrogens with zero attached hydrogens (tertiary/aromatic N) is 1. The Kier molecular flexibility index (Phi) is 3.68. The average molecular weight is 317 g/mol. The quantitative estimate of drug-likeness (QED) is 0.776. The zero-order chi connectivity index (χ0) is 15.7. The van der Waals surface area contributed by atoms with Gasteiger partial charge in [-0.05, 0) is 18.2 Å². The molecule has 0 bridgehead atoms. The predicted octanol–water partition coefficient (Wildman–Crippen LogP) is 4.45. The standard InChI is InChI=1S/C16H9F2NO2S/c17-11-7-3-1-5-9(11)14-13(16(20)21)19-15(22-14)10-6-2-4-8-12(10)18/h1-8H,(H,20,21). The van der Waals surface area contributed by atoms with E-state index in [0.717, 1.165) is 11.3 Å². The van der Waals surface area contributed by atoms with Crippen LogP contribution in [-0.2, 0) is 0 Å². The van der Waals surface area contributed by atoms with Gasteiger partial charge in [-0.3, -0.25) is 0 Å². The zero-order valence-corrected chi connectivity index (χ0v) is 11.9. The molecule has 0 aliphatic heterocycles. The van der Waals surface area contributed by atoms with Crippen molar-refractivity contribution in [2.45, 2.75) is 0 Å². The SMILES string of the molecule is O=C(O)c1nc(-c2ccccc2F)sc1-c1ccccc1F. The molecule has 2 aromatic carbocycles. The lowest BCUT2D eigenvalue weighted by Crippen LogP contribution is -1.99. The van der Waals surface area contributed by atoms with Gasteiger partial charge in [-0.15, -0.1) is 11.3 Å². The van der Waals surface area contributed by atoms with Crippen molar-refractivity contribution < 1.29 is 18.7 Å². The molecule has 1 aromatic heterocycles. The Labute approximate surface area is 128 Å². The largest absolute Gasteiger partial charge is 0.476 e. The van der Waals surface area contributed by atoms with E-state index >= 15 is 0 Å². The van der Waals surface area contributed by atoms with E-state index in [-0.39, 0.29) is 26.7 Å². The first-order valence-electron chi connectivity index (χ1n) is 6.32. The summed E-state index contributed by atoms with van der Waals surface area (Å²) >= 11 is 0.950. The third kappa shape index (κ3) is 2.48. The van der Waals surface area contributed by atoms with Crippen molar-refractivity contribution in [2.24, 2.45) is 0 Å². The van der Waals surface area contributed by atoms with E-state index in [0.29, 0.717) is 0 Å². The number of aromatic carboxylic acids is 1. The fourth-order valence-corrected chi connectivity index (χ4v) is 3.15. The Balaban J connectivity index is 2.22. The fraction of sp³-hybridized carbons (Fsp3) is 0. The molecule has 0 radical (unpaired) electrons. The van der Waals surface area contributed by atoms with Crippen molar-refractivity contribution in [2.75, 3.05) is 0 Å². The van der Waals surface area contributed by atoms with Gasteiger partial charge in [-0.2, -0.15) is 0 Å². The highest BCUT2D eigenvalue weighted by Gasteiger charge is 2.22. The maximum absolute atomic E-state index is 13.9. The zero-order valence-electron chi connectivity index (χ0n) is 11.1. The molecule has 22 heavy (non-hydrogen) atoms.